The van der Waals surface area contributed by atoms with E-state index in [1.165, 1.54) is 14.2 Å². The van der Waals surface area contributed by atoms with E-state index >= 15 is 0 Å². The molecule has 1 spiro atoms. The van der Waals surface area contributed by atoms with Gasteiger partial charge in [-0.3, -0.25) is 14.4 Å². The topological polar surface area (TPSA) is 97.4 Å². The Bertz CT molecular complexity index is 743. The second-order valence-corrected chi connectivity index (χ2v) is 8.78. The van der Waals surface area contributed by atoms with E-state index in [1.54, 1.807) is 13.8 Å². The average Bonchev–Trinajstić information content (AvgIpc) is 2.73. The van der Waals surface area contributed by atoms with Gasteiger partial charge in [0.1, 0.15) is 17.6 Å². The van der Waals surface area contributed by atoms with Crippen LogP contribution in [0.2, 0.25) is 0 Å². The van der Waals surface area contributed by atoms with Crippen molar-refractivity contribution in [3.63, 3.8) is 0 Å². The molecule has 0 saturated carbocycles. The van der Waals surface area contributed by atoms with Crippen LogP contribution in [0.4, 0.5) is 0 Å². The van der Waals surface area contributed by atoms with E-state index in [4.69, 9.17) is 23.7 Å². The summed E-state index contributed by atoms with van der Waals surface area (Å²) in [4.78, 5) is 37.0. The van der Waals surface area contributed by atoms with Crippen molar-refractivity contribution in [2.75, 3.05) is 14.2 Å². The molecule has 8 heteroatoms. The lowest BCUT2D eigenvalue weighted by atomic mass is 9.81. The van der Waals surface area contributed by atoms with E-state index in [2.05, 4.69) is 0 Å². The number of carbonyl (C=O) groups is 3. The lowest BCUT2D eigenvalue weighted by Gasteiger charge is -2.48. The van der Waals surface area contributed by atoms with Gasteiger partial charge in [0.25, 0.3) is 5.79 Å². The molecule has 0 aromatic heterocycles. The van der Waals surface area contributed by atoms with Gasteiger partial charge in [-0.15, -0.1) is 0 Å². The highest BCUT2D eigenvalue weighted by atomic mass is 16.7. The number of Topliss-reactive ketones (excluding diaryl/α,β-unsaturated/α-hetero) is 1. The van der Waals surface area contributed by atoms with Gasteiger partial charge >= 0.3 is 11.9 Å². The van der Waals surface area contributed by atoms with Gasteiger partial charge in [-0.1, -0.05) is 13.8 Å². The minimum atomic E-state index is -1.40. The molecule has 0 bridgehead atoms. The first-order valence-corrected chi connectivity index (χ1v) is 10.6. The number of rotatable bonds is 4. The summed E-state index contributed by atoms with van der Waals surface area (Å²) >= 11 is 0. The van der Waals surface area contributed by atoms with Crippen LogP contribution in [0.25, 0.3) is 0 Å². The van der Waals surface area contributed by atoms with Crippen LogP contribution in [0.1, 0.15) is 53.4 Å². The second kappa shape index (κ2) is 8.57. The quantitative estimate of drug-likeness (QED) is 0.636. The number of hydrogen-bond donors (Lipinski definition) is 0. The summed E-state index contributed by atoms with van der Waals surface area (Å²) < 4.78 is 28.2. The zero-order valence-electron chi connectivity index (χ0n) is 18.6. The van der Waals surface area contributed by atoms with Gasteiger partial charge < -0.3 is 23.7 Å². The first kappa shape index (κ1) is 22.6. The predicted octanol–water partition coefficient (Wildman–Crippen LogP) is 2.74. The van der Waals surface area contributed by atoms with Gasteiger partial charge in [0.15, 0.2) is 0 Å². The largest absolute Gasteiger partial charge is 0.490 e. The Morgan fingerprint density at radius 1 is 0.967 bits per heavy atom. The molecular weight excluding hydrogens is 392 g/mol. The smallest absolute Gasteiger partial charge is 0.312 e. The molecule has 3 aliphatic rings. The lowest BCUT2D eigenvalue weighted by molar-refractivity contribution is -0.273. The Labute approximate surface area is 177 Å². The summed E-state index contributed by atoms with van der Waals surface area (Å²) in [6.07, 6.45) is 0.774. The molecule has 168 valence electrons. The molecule has 0 radical (unpaired) electrons. The molecule has 0 N–H and O–H groups in total. The molecule has 8 nitrogen and oxygen atoms in total. The van der Waals surface area contributed by atoms with Crippen molar-refractivity contribution < 1.29 is 38.1 Å². The van der Waals surface area contributed by atoms with Crippen molar-refractivity contribution in [3.8, 4) is 0 Å². The molecule has 0 aromatic carbocycles. The van der Waals surface area contributed by atoms with Crippen LogP contribution in [0.3, 0.4) is 0 Å². The van der Waals surface area contributed by atoms with Crippen molar-refractivity contribution in [1.29, 1.82) is 0 Å². The molecule has 3 heterocycles. The Kier molecular flexibility index (Phi) is 6.45. The molecule has 0 aliphatic carbocycles. The summed E-state index contributed by atoms with van der Waals surface area (Å²) in [6, 6.07) is 0. The van der Waals surface area contributed by atoms with Gasteiger partial charge in [-0.05, 0) is 19.8 Å². The molecule has 1 fully saturated rings. The summed E-state index contributed by atoms with van der Waals surface area (Å²) in [5.41, 5.74) is 0. The first-order chi connectivity index (χ1) is 14.1. The SMILES string of the molecule is COC(=O)[C@H](C)[C@H]1OC2=C(C[C@@H]1C)O[C@@]1(CC2)O[C@H]([C@@H](C)C(=O)OC)[C@@H](C)CC1=O. The third-order valence-electron chi connectivity index (χ3n) is 6.58. The number of hydrogen-bond acceptors (Lipinski definition) is 8. The Morgan fingerprint density at radius 3 is 2.13 bits per heavy atom. The average molecular weight is 424 g/mol. The maximum Gasteiger partial charge on any atom is 0.312 e. The van der Waals surface area contributed by atoms with Gasteiger partial charge in [0.2, 0.25) is 5.78 Å². The van der Waals surface area contributed by atoms with Crippen LogP contribution >= 0.6 is 0 Å². The first-order valence-electron chi connectivity index (χ1n) is 10.6. The van der Waals surface area contributed by atoms with E-state index in [0.29, 0.717) is 30.8 Å². The molecule has 0 unspecified atom stereocenters. The van der Waals surface area contributed by atoms with E-state index < -0.39 is 23.7 Å². The van der Waals surface area contributed by atoms with Crippen LogP contribution in [0.15, 0.2) is 11.5 Å². The zero-order valence-corrected chi connectivity index (χ0v) is 18.6. The van der Waals surface area contributed by atoms with Crippen LogP contribution in [-0.2, 0) is 38.1 Å². The number of ketones is 1. The molecule has 0 aromatic rings. The fourth-order valence-corrected chi connectivity index (χ4v) is 4.77. The van der Waals surface area contributed by atoms with Crippen molar-refractivity contribution in [2.45, 2.75) is 71.4 Å². The lowest BCUT2D eigenvalue weighted by Crippen LogP contribution is -2.57. The molecule has 1 saturated heterocycles. The Morgan fingerprint density at radius 2 is 1.53 bits per heavy atom. The minimum absolute atomic E-state index is 0.00425. The van der Waals surface area contributed by atoms with E-state index in [1.807, 2.05) is 13.8 Å². The molecule has 7 atom stereocenters. The maximum atomic E-state index is 13.0. The van der Waals surface area contributed by atoms with E-state index in [-0.39, 0.29) is 42.1 Å². The second-order valence-electron chi connectivity index (χ2n) is 8.78. The fraction of sp³-hybridized carbons (Fsp3) is 0.773. The Hall–Kier alpha value is -2.09. The van der Waals surface area contributed by atoms with Crippen LogP contribution < -0.4 is 0 Å². The van der Waals surface area contributed by atoms with E-state index in [9.17, 15) is 14.4 Å². The molecular formula is C22H32O8. The highest BCUT2D eigenvalue weighted by molar-refractivity contribution is 5.87. The van der Waals surface area contributed by atoms with Crippen LogP contribution in [0.5, 0.6) is 0 Å². The summed E-state index contributed by atoms with van der Waals surface area (Å²) in [5, 5.41) is 0. The third kappa shape index (κ3) is 3.94. The number of carbonyl (C=O) groups excluding carboxylic acids is 3. The summed E-state index contributed by atoms with van der Waals surface area (Å²) in [7, 11) is 2.71. The molecule has 30 heavy (non-hydrogen) atoms. The summed E-state index contributed by atoms with van der Waals surface area (Å²) in [5.74, 6) is -2.01. The monoisotopic (exact) mass is 424 g/mol. The summed E-state index contributed by atoms with van der Waals surface area (Å²) in [6.45, 7) is 7.41. The Balaban J connectivity index is 1.80. The van der Waals surface area contributed by atoms with Gasteiger partial charge in [-0.25, -0.2) is 0 Å². The number of ether oxygens (including phenoxy) is 5. The predicted molar refractivity (Wildman–Crippen MR) is 105 cm³/mol. The number of methoxy groups -OCH3 is 2. The van der Waals surface area contributed by atoms with Crippen molar-refractivity contribution in [2.24, 2.45) is 23.7 Å². The number of allylic oxidation sites excluding steroid dienone is 2. The number of esters is 2. The van der Waals surface area contributed by atoms with Crippen LogP contribution in [-0.4, -0.2) is 49.9 Å². The van der Waals surface area contributed by atoms with Crippen LogP contribution in [0, 0.1) is 23.7 Å². The fourth-order valence-electron chi connectivity index (χ4n) is 4.77. The third-order valence-corrected chi connectivity index (χ3v) is 6.58. The highest BCUT2D eigenvalue weighted by Gasteiger charge is 2.54. The zero-order chi connectivity index (χ0) is 22.2. The van der Waals surface area contributed by atoms with E-state index in [0.717, 1.165) is 0 Å². The standard InChI is InChI=1S/C22H32O8/c1-11-9-16-15(28-18(11)13(3)20(24)26-5)7-8-22(29-16)17(23)10-12(2)19(30-22)14(4)21(25)27-6/h11-14,18-19H,7-10H2,1-6H3/t11-,12-,13+,14+,18-,19-,22-/m0/s1. The van der Waals surface area contributed by atoms with Crippen molar-refractivity contribution >= 4 is 17.7 Å². The van der Waals surface area contributed by atoms with Crippen molar-refractivity contribution in [3.05, 3.63) is 11.5 Å². The molecule has 3 rings (SSSR count). The van der Waals surface area contributed by atoms with Gasteiger partial charge in [0, 0.05) is 31.6 Å². The molecule has 3 aliphatic heterocycles. The maximum absolute atomic E-state index is 13.0. The molecule has 0 amide bonds. The normalized spacial score (nSPS) is 35.6. The highest BCUT2D eigenvalue weighted by Crippen LogP contribution is 2.46. The minimum Gasteiger partial charge on any atom is -0.490 e. The van der Waals surface area contributed by atoms with Gasteiger partial charge in [-0.2, -0.15) is 0 Å². The van der Waals surface area contributed by atoms with Gasteiger partial charge in [0.05, 0.1) is 32.2 Å². The van der Waals surface area contributed by atoms with Crippen molar-refractivity contribution in [1.82, 2.24) is 0 Å².